The molecule has 0 aliphatic carbocycles. The number of hydrogen-bond donors (Lipinski definition) is 0. The highest BCUT2D eigenvalue weighted by molar-refractivity contribution is 9.11. The molecule has 0 N–H and O–H groups in total. The minimum atomic E-state index is 0.285. The summed E-state index contributed by atoms with van der Waals surface area (Å²) in [6.07, 6.45) is 0. The number of nitrogens with zero attached hydrogens (tertiary/aromatic N) is 10. The molecule has 10 heterocycles. The number of hydrogen-bond acceptors (Lipinski definition) is 22. The third-order valence-electron chi connectivity index (χ3n) is 23.3. The molecule has 0 aliphatic heterocycles. The van der Waals surface area contributed by atoms with Crippen LogP contribution in [0.15, 0.2) is 295 Å². The fourth-order valence-corrected chi connectivity index (χ4v) is 19.9. The van der Waals surface area contributed by atoms with E-state index in [1.54, 1.807) is 42.7 Å². The number of benzene rings is 9. The highest BCUT2D eigenvalue weighted by atomic mass is 79.9. The number of methoxy groups -OCH3 is 6. The fraction of sp³-hybridized carbons (Fsp3) is 0.164. The molecule has 0 radical (unpaired) electrons. The Kier molecular flexibility index (Phi) is 29.6. The van der Waals surface area contributed by atoms with Gasteiger partial charge in [-0.1, -0.05) is 146 Å². The van der Waals surface area contributed by atoms with Crippen LogP contribution in [0.2, 0.25) is 0 Å². The average molecular weight is 2220 g/mol. The summed E-state index contributed by atoms with van der Waals surface area (Å²) in [7, 11) is 9.91. The van der Waals surface area contributed by atoms with Crippen molar-refractivity contribution in [2.45, 2.75) is 0 Å². The molecule has 22 nitrogen and oxygen atoms in total. The SMILES string of the molecule is COCCOc1cc(Br)nc(-c2cc(-c3cc(-c4cc(OCCOC)cc(Br)n4)cc(-c4c5ccccc5c(-c5cc(-c6cc(OCCOC)cc(Br)n6)cc(-c6cc(-c7cc(OCCOC)cc(Br)n7)cc(-c7c8ccccc8c(-c8cc(OCCOC)cc(Br)n8)c8ccccc78)n6)n5)c5ccccc45)n3)nc(-c3c4ccccc4c(-c4cc(OCCOC)cc(Br)n4)c4ccccc34)c2)c1. The minimum Gasteiger partial charge on any atom is -0.491 e. The zero-order chi connectivity index (χ0) is 94.9. The molecule has 19 rings (SSSR count). The Balaban J connectivity index is 0.863. The lowest BCUT2D eigenvalue weighted by molar-refractivity contribution is 0.146. The number of rotatable bonds is 36. The molecule has 28 heteroatoms. The van der Waals surface area contributed by atoms with Gasteiger partial charge >= 0.3 is 0 Å². The van der Waals surface area contributed by atoms with E-state index in [2.05, 4.69) is 265 Å². The first-order valence-corrected chi connectivity index (χ1v) is 49.0. The molecule has 9 aromatic carbocycles. The van der Waals surface area contributed by atoms with Crippen molar-refractivity contribution in [3.8, 4) is 170 Å². The molecule has 0 aliphatic rings. The van der Waals surface area contributed by atoms with Crippen LogP contribution in [0.4, 0.5) is 0 Å². The van der Waals surface area contributed by atoms with Crippen LogP contribution >= 0.6 is 95.6 Å². The van der Waals surface area contributed by atoms with Gasteiger partial charge in [-0.15, -0.1) is 0 Å². The predicted octanol–water partition coefficient (Wildman–Crippen LogP) is 27.3. The fourth-order valence-electron chi connectivity index (χ4n) is 17.4. The maximum absolute atomic E-state index is 6.44. The molecule has 0 atom stereocenters. The van der Waals surface area contributed by atoms with E-state index in [0.717, 1.165) is 98.0 Å². The van der Waals surface area contributed by atoms with Crippen molar-refractivity contribution in [1.29, 1.82) is 0 Å². The van der Waals surface area contributed by atoms with Gasteiger partial charge in [0.05, 0.1) is 119 Å². The summed E-state index contributed by atoms with van der Waals surface area (Å²) in [5.74, 6) is 3.57. The number of fused-ring (bicyclic) bond motifs is 6. The van der Waals surface area contributed by atoms with Crippen molar-refractivity contribution in [2.75, 3.05) is 122 Å². The second-order valence-corrected chi connectivity index (χ2v) is 37.0. The number of aromatic nitrogens is 10. The molecule has 0 spiro atoms. The average Bonchev–Trinajstić information content (AvgIpc) is 0.732. The van der Waals surface area contributed by atoms with Gasteiger partial charge in [0.15, 0.2) is 0 Å². The molecule has 0 bridgehead atoms. The Morgan fingerprint density at radius 1 is 0.159 bits per heavy atom. The summed E-state index contributed by atoms with van der Waals surface area (Å²) in [6, 6.07) is 89.7. The minimum absolute atomic E-state index is 0.285. The molecule has 690 valence electrons. The highest BCUT2D eigenvalue weighted by Crippen LogP contribution is 2.51. The van der Waals surface area contributed by atoms with Gasteiger partial charge in [-0.05, 0) is 209 Å². The van der Waals surface area contributed by atoms with Crippen LogP contribution in [0.3, 0.4) is 0 Å². The summed E-state index contributed by atoms with van der Waals surface area (Å²) in [5.41, 5.74) is 16.3. The molecule has 0 amide bonds. The van der Waals surface area contributed by atoms with Gasteiger partial charge < -0.3 is 56.8 Å². The van der Waals surface area contributed by atoms with Crippen LogP contribution < -0.4 is 28.4 Å². The summed E-state index contributed by atoms with van der Waals surface area (Å²) >= 11 is 22.7. The summed E-state index contributed by atoms with van der Waals surface area (Å²) in [4.78, 5) is 54.9. The van der Waals surface area contributed by atoms with Crippen LogP contribution in [0.25, 0.3) is 200 Å². The van der Waals surface area contributed by atoms with Crippen LogP contribution in [0, 0.1) is 0 Å². The van der Waals surface area contributed by atoms with Gasteiger partial charge in [0.2, 0.25) is 0 Å². The second kappa shape index (κ2) is 43.3. The Morgan fingerprint density at radius 3 is 0.457 bits per heavy atom. The molecule has 138 heavy (non-hydrogen) atoms. The lowest BCUT2D eigenvalue weighted by Gasteiger charge is -2.20. The van der Waals surface area contributed by atoms with Gasteiger partial charge in [-0.2, -0.15) is 0 Å². The Hall–Kier alpha value is -12.5. The number of halogens is 6. The summed E-state index contributed by atoms with van der Waals surface area (Å²) in [5, 5.41) is 10.8. The molecule has 19 aromatic rings. The lowest BCUT2D eigenvalue weighted by Crippen LogP contribution is -2.05. The van der Waals surface area contributed by atoms with E-state index in [-0.39, 0.29) is 13.2 Å². The topological polar surface area (TPSA) is 240 Å². The lowest BCUT2D eigenvalue weighted by atomic mass is 9.87. The first kappa shape index (κ1) is 94.4. The second-order valence-electron chi connectivity index (χ2n) is 32.1. The number of ether oxygens (including phenoxy) is 12. The van der Waals surface area contributed by atoms with E-state index in [4.69, 9.17) is 107 Å². The van der Waals surface area contributed by atoms with Gasteiger partial charge in [-0.3, -0.25) is 0 Å². The van der Waals surface area contributed by atoms with Crippen LogP contribution in [0.5, 0.6) is 34.5 Å². The van der Waals surface area contributed by atoms with E-state index < -0.39 is 0 Å². The Morgan fingerprint density at radius 2 is 0.297 bits per heavy atom. The summed E-state index contributed by atoms with van der Waals surface area (Å²) < 4.78 is 74.4. The Labute approximate surface area is 846 Å². The number of pyridine rings is 10. The van der Waals surface area contributed by atoms with E-state index in [1.807, 2.05) is 97.1 Å². The van der Waals surface area contributed by atoms with Crippen LogP contribution in [-0.4, -0.2) is 172 Å². The maximum Gasteiger partial charge on any atom is 0.124 e. The van der Waals surface area contributed by atoms with Crippen molar-refractivity contribution in [1.82, 2.24) is 49.8 Å². The van der Waals surface area contributed by atoms with E-state index in [1.165, 1.54) is 0 Å². The highest BCUT2D eigenvalue weighted by Gasteiger charge is 2.29. The first-order chi connectivity index (χ1) is 67.6. The maximum atomic E-state index is 6.44. The van der Waals surface area contributed by atoms with Crippen LogP contribution in [-0.2, 0) is 28.4 Å². The zero-order valence-electron chi connectivity index (χ0n) is 75.5. The third kappa shape index (κ3) is 20.7. The molecule has 0 unspecified atom stereocenters. The van der Waals surface area contributed by atoms with Crippen molar-refractivity contribution >= 4 is 160 Å². The molecule has 0 fully saturated rings. The smallest absolute Gasteiger partial charge is 0.124 e. The molecule has 0 saturated heterocycles. The van der Waals surface area contributed by atoms with Crippen molar-refractivity contribution in [3.05, 3.63) is 295 Å². The molecular formula is C110H86Br6N10O12. The standard InChI is InChI=1S/C110H86Br6N10O12/c1-127-31-37-133-67-51-85(121-99(111)57-67)63-43-89(91-45-65(87-53-69(59-101(113)123-87)135-39-33-129-3)49-95(119-91)107-77-23-11-15-27-81(77)109(82-28-16-12-24-78(82)107)97-55-71(61-103(115)125-97)137-41-35-131-5)117-93(47-63)105-73-19-7-9-21-75(73)106(76-22-10-8-20-74(76)105)94-48-64(86-52-68(58-100(112)122-86)134-38-32-128-2)44-90(118-94)92-46-66(88-54-70(60-102(114)124-88)136-40-34-130-4)50-96(120-92)108-79-25-13-17-29-83(79)110(84-30-18-14-26-80(84)108)98-56-72(62-104(116)126-98)138-42-36-132-6/h7-30,43-62H,31-42H2,1-6H3. The molecule has 10 aromatic heterocycles. The van der Waals surface area contributed by atoms with E-state index in [9.17, 15) is 0 Å². The van der Waals surface area contributed by atoms with Crippen molar-refractivity contribution in [3.63, 3.8) is 0 Å². The van der Waals surface area contributed by atoms with Gasteiger partial charge in [0.1, 0.15) is 102 Å². The third-order valence-corrected chi connectivity index (χ3v) is 25.7. The Bertz CT molecular complexity index is 7240. The molecule has 0 saturated carbocycles. The zero-order valence-corrected chi connectivity index (χ0v) is 85.0. The van der Waals surface area contributed by atoms with E-state index >= 15 is 0 Å². The summed E-state index contributed by atoms with van der Waals surface area (Å²) in [6.45, 7) is 4.12. The van der Waals surface area contributed by atoms with E-state index in [0.29, 0.717) is 230 Å². The van der Waals surface area contributed by atoms with Crippen LogP contribution in [0.1, 0.15) is 0 Å². The van der Waals surface area contributed by atoms with Gasteiger partial charge in [0.25, 0.3) is 0 Å². The normalized spacial score (nSPS) is 11.6. The predicted molar refractivity (Wildman–Crippen MR) is 565 cm³/mol. The quantitative estimate of drug-likeness (QED) is 0.0201. The largest absolute Gasteiger partial charge is 0.491 e. The van der Waals surface area contributed by atoms with Crippen molar-refractivity contribution in [2.24, 2.45) is 0 Å². The monoisotopic (exact) mass is 2210 g/mol. The van der Waals surface area contributed by atoms with Crippen molar-refractivity contribution < 1.29 is 56.8 Å². The first-order valence-electron chi connectivity index (χ1n) is 44.3. The van der Waals surface area contributed by atoms with Gasteiger partial charge in [0, 0.05) is 171 Å². The van der Waals surface area contributed by atoms with Gasteiger partial charge in [-0.25, -0.2) is 49.8 Å². The molecular weight excluding hydrogens is 2130 g/mol.